The van der Waals surface area contributed by atoms with Gasteiger partial charge in [0.05, 0.1) is 10.6 Å². The number of rotatable bonds is 3. The summed E-state index contributed by atoms with van der Waals surface area (Å²) in [5, 5.41) is 4.73. The van der Waals surface area contributed by atoms with E-state index in [1.54, 1.807) is 12.1 Å². The predicted molar refractivity (Wildman–Crippen MR) is 87.0 cm³/mol. The van der Waals surface area contributed by atoms with E-state index in [-0.39, 0.29) is 10.9 Å². The van der Waals surface area contributed by atoms with Crippen molar-refractivity contribution in [3.8, 4) is 0 Å². The van der Waals surface area contributed by atoms with Gasteiger partial charge in [-0.25, -0.2) is 0 Å². The zero-order valence-electron chi connectivity index (χ0n) is 10.1. The fraction of sp³-hybridized carbons (Fsp3) is 0.0769. The first-order valence-corrected chi connectivity index (χ1v) is 7.52. The van der Waals surface area contributed by atoms with E-state index in [4.69, 9.17) is 18.0 Å². The second-order valence-corrected chi connectivity index (χ2v) is 6.21. The van der Waals surface area contributed by atoms with Crippen molar-refractivity contribution in [2.45, 2.75) is 6.92 Å². The van der Waals surface area contributed by atoms with Gasteiger partial charge in [-0.3, -0.25) is 4.79 Å². The summed E-state index contributed by atoms with van der Waals surface area (Å²) in [7, 11) is 0. The highest BCUT2D eigenvalue weighted by Gasteiger charge is 2.13. The quantitative estimate of drug-likeness (QED) is 0.826. The first-order valence-electron chi connectivity index (χ1n) is 5.44. The van der Waals surface area contributed by atoms with Crippen molar-refractivity contribution in [3.05, 3.63) is 50.1 Å². The number of hydrogen-bond donors (Lipinski definition) is 2. The lowest BCUT2D eigenvalue weighted by molar-refractivity contribution is 0.103. The summed E-state index contributed by atoms with van der Waals surface area (Å²) in [5.41, 5.74) is 7.89. The maximum absolute atomic E-state index is 12.2. The lowest BCUT2D eigenvalue weighted by atomic mass is 10.1. The number of hydrogen-bond acceptors (Lipinski definition) is 3. The highest BCUT2D eigenvalue weighted by molar-refractivity contribution is 9.10. The zero-order chi connectivity index (χ0) is 14.0. The summed E-state index contributed by atoms with van der Waals surface area (Å²) in [5.74, 6) is -0.146. The molecule has 0 radical (unpaired) electrons. The van der Waals surface area contributed by atoms with Crippen LogP contribution in [0.4, 0.5) is 5.69 Å². The van der Waals surface area contributed by atoms with Crippen LogP contribution in [-0.4, -0.2) is 10.9 Å². The Hall–Kier alpha value is -1.24. The van der Waals surface area contributed by atoms with Crippen molar-refractivity contribution in [1.82, 2.24) is 0 Å². The van der Waals surface area contributed by atoms with E-state index in [9.17, 15) is 4.79 Å². The topological polar surface area (TPSA) is 55.1 Å². The molecule has 3 nitrogen and oxygen atoms in total. The Balaban J connectivity index is 2.32. The molecule has 0 fully saturated rings. The third-order valence-corrected chi connectivity index (χ3v) is 4.29. The Bertz CT molecular complexity index is 652. The molecule has 2 rings (SSSR count). The summed E-state index contributed by atoms with van der Waals surface area (Å²) in [6.45, 7) is 1.90. The lowest BCUT2D eigenvalue weighted by Crippen LogP contribution is -2.17. The standard InChI is InChI=1S/C13H11BrN2OS2/c1-7-4-5-19-11(7)13(17)16-10-3-2-8(14)6-9(10)12(15)18/h2-6H,1H3,(H2,15,18)(H,16,17). The number of benzene rings is 1. The number of nitrogens with one attached hydrogen (secondary N) is 1. The number of amides is 1. The molecular formula is C13H11BrN2OS2. The van der Waals surface area contributed by atoms with Crippen molar-refractivity contribution in [2.75, 3.05) is 5.32 Å². The number of thiocarbonyl (C=S) groups is 1. The van der Waals surface area contributed by atoms with E-state index >= 15 is 0 Å². The van der Waals surface area contributed by atoms with Gasteiger partial charge in [-0.15, -0.1) is 11.3 Å². The smallest absolute Gasteiger partial charge is 0.266 e. The Labute approximate surface area is 129 Å². The van der Waals surface area contributed by atoms with Crippen LogP contribution in [0, 0.1) is 6.92 Å². The summed E-state index contributed by atoms with van der Waals surface area (Å²) in [6.07, 6.45) is 0. The molecule has 98 valence electrons. The summed E-state index contributed by atoms with van der Waals surface area (Å²) >= 11 is 9.76. The largest absolute Gasteiger partial charge is 0.389 e. The molecule has 0 aliphatic rings. The molecule has 0 saturated carbocycles. The van der Waals surface area contributed by atoms with E-state index in [0.29, 0.717) is 16.1 Å². The number of carbonyl (C=O) groups excluding carboxylic acids is 1. The van der Waals surface area contributed by atoms with Gasteiger partial charge >= 0.3 is 0 Å². The minimum atomic E-state index is -0.146. The van der Waals surface area contributed by atoms with Crippen molar-refractivity contribution < 1.29 is 4.79 Å². The van der Waals surface area contributed by atoms with Gasteiger partial charge in [0.1, 0.15) is 4.99 Å². The van der Waals surface area contributed by atoms with Crippen LogP contribution in [-0.2, 0) is 0 Å². The van der Waals surface area contributed by atoms with Crippen LogP contribution >= 0.6 is 39.5 Å². The lowest BCUT2D eigenvalue weighted by Gasteiger charge is -2.10. The van der Waals surface area contributed by atoms with E-state index in [2.05, 4.69) is 21.2 Å². The molecule has 1 aromatic heterocycles. The van der Waals surface area contributed by atoms with Gasteiger partial charge in [0, 0.05) is 10.0 Å². The SMILES string of the molecule is Cc1ccsc1C(=O)Nc1ccc(Br)cc1C(N)=S. The molecule has 0 aliphatic carbocycles. The molecule has 0 atom stereocenters. The molecule has 0 spiro atoms. The average molecular weight is 355 g/mol. The fourth-order valence-corrected chi connectivity index (χ4v) is 2.96. The monoisotopic (exact) mass is 354 g/mol. The number of carbonyl (C=O) groups is 1. The van der Waals surface area contributed by atoms with Gasteiger partial charge in [-0.2, -0.15) is 0 Å². The predicted octanol–water partition coefficient (Wildman–Crippen LogP) is 3.71. The number of thiophene rings is 1. The molecular weight excluding hydrogens is 344 g/mol. The molecule has 1 amide bonds. The van der Waals surface area contributed by atoms with Crippen LogP contribution in [0.1, 0.15) is 20.8 Å². The van der Waals surface area contributed by atoms with Gasteiger partial charge in [0.2, 0.25) is 0 Å². The Kier molecular flexibility index (Phi) is 4.34. The normalized spacial score (nSPS) is 10.2. The first kappa shape index (κ1) is 14.2. The fourth-order valence-electron chi connectivity index (χ4n) is 1.61. The van der Waals surface area contributed by atoms with Gasteiger partial charge in [0.15, 0.2) is 0 Å². The molecule has 0 saturated heterocycles. The molecule has 1 heterocycles. The van der Waals surface area contributed by atoms with Crippen molar-refractivity contribution in [3.63, 3.8) is 0 Å². The number of nitrogens with two attached hydrogens (primary N) is 1. The number of halogens is 1. The summed E-state index contributed by atoms with van der Waals surface area (Å²) in [4.78, 5) is 13.1. The third kappa shape index (κ3) is 3.20. The van der Waals surface area contributed by atoms with E-state index in [1.807, 2.05) is 24.4 Å². The molecule has 1 aromatic carbocycles. The number of aryl methyl sites for hydroxylation is 1. The van der Waals surface area contributed by atoms with Crippen molar-refractivity contribution in [1.29, 1.82) is 0 Å². The average Bonchev–Trinajstić information content (AvgIpc) is 2.77. The number of anilines is 1. The van der Waals surface area contributed by atoms with Crippen molar-refractivity contribution >= 4 is 56.1 Å². The molecule has 19 heavy (non-hydrogen) atoms. The van der Waals surface area contributed by atoms with Crippen LogP contribution in [0.25, 0.3) is 0 Å². The van der Waals surface area contributed by atoms with Crippen molar-refractivity contribution in [2.24, 2.45) is 5.73 Å². The molecule has 6 heteroatoms. The van der Waals surface area contributed by atoms with Crippen LogP contribution in [0.5, 0.6) is 0 Å². The third-order valence-electron chi connectivity index (χ3n) is 2.56. The highest BCUT2D eigenvalue weighted by atomic mass is 79.9. The van der Waals surface area contributed by atoms with Crippen LogP contribution in [0.15, 0.2) is 34.1 Å². The molecule has 3 N–H and O–H groups in total. The first-order chi connectivity index (χ1) is 8.99. The summed E-state index contributed by atoms with van der Waals surface area (Å²) < 4.78 is 0.862. The molecule has 0 aliphatic heterocycles. The highest BCUT2D eigenvalue weighted by Crippen LogP contribution is 2.23. The van der Waals surface area contributed by atoms with Crippen LogP contribution in [0.2, 0.25) is 0 Å². The molecule has 0 bridgehead atoms. The summed E-state index contributed by atoms with van der Waals surface area (Å²) in [6, 6.07) is 7.31. The van der Waals surface area contributed by atoms with Crippen LogP contribution < -0.4 is 11.1 Å². The Morgan fingerprint density at radius 1 is 1.42 bits per heavy atom. The van der Waals surface area contributed by atoms with E-state index < -0.39 is 0 Å². The maximum atomic E-state index is 12.2. The molecule has 2 aromatic rings. The zero-order valence-corrected chi connectivity index (χ0v) is 13.3. The van der Waals surface area contributed by atoms with E-state index in [1.165, 1.54) is 11.3 Å². The molecule has 0 unspecified atom stereocenters. The van der Waals surface area contributed by atoms with E-state index in [0.717, 1.165) is 10.0 Å². The Morgan fingerprint density at radius 3 is 2.74 bits per heavy atom. The van der Waals surface area contributed by atoms with Gasteiger partial charge < -0.3 is 11.1 Å². The van der Waals surface area contributed by atoms with Gasteiger partial charge in [-0.1, -0.05) is 28.1 Å². The maximum Gasteiger partial charge on any atom is 0.266 e. The minimum Gasteiger partial charge on any atom is -0.389 e. The van der Waals surface area contributed by atoms with Gasteiger partial charge in [0.25, 0.3) is 5.91 Å². The minimum absolute atomic E-state index is 0.146. The second-order valence-electron chi connectivity index (χ2n) is 3.94. The second kappa shape index (κ2) is 5.81. The van der Waals surface area contributed by atoms with Gasteiger partial charge in [-0.05, 0) is 42.1 Å². The van der Waals surface area contributed by atoms with Crippen LogP contribution in [0.3, 0.4) is 0 Å². The Morgan fingerprint density at radius 2 is 2.16 bits per heavy atom.